The van der Waals surface area contributed by atoms with E-state index in [1.54, 1.807) is 49.2 Å². The Kier molecular flexibility index (Phi) is 7.65. The molecule has 216 valence electrons. The molecule has 0 spiro atoms. The van der Waals surface area contributed by atoms with Gasteiger partial charge in [-0.3, -0.25) is 9.59 Å². The normalized spacial score (nSPS) is 13.7. The van der Waals surface area contributed by atoms with Gasteiger partial charge in [-0.1, -0.05) is 30.3 Å². The number of nitrogens with one attached hydrogen (secondary N) is 1. The summed E-state index contributed by atoms with van der Waals surface area (Å²) in [6.07, 6.45) is 0. The number of benzene rings is 4. The molecule has 0 fully saturated rings. The van der Waals surface area contributed by atoms with Gasteiger partial charge in [-0.15, -0.1) is 0 Å². The number of carbonyl (C=O) groups excluding carboxylic acids is 2. The SMILES string of the molecule is COc1cc(N(C)C(=O)c2ccccc2)ccc1-c1ccc2c(c1COc1cc(F)ccc1C)N(C)C(=O)C(C)(C)N2. The standard InChI is InChI=1S/C34H34FN3O4/c1-21-12-13-23(35)18-29(21)42-20-27-25(16-17-28-31(27)38(5)33(40)34(2,3)36-28)26-15-14-24(19-30(26)41-6)37(4)32(39)22-10-8-7-9-11-22/h7-19,36H,20H2,1-6H3. The first kappa shape index (κ1) is 28.7. The van der Waals surface area contributed by atoms with Crippen LogP contribution in [0, 0.1) is 12.7 Å². The molecule has 1 heterocycles. The molecule has 0 aromatic heterocycles. The minimum absolute atomic E-state index is 0.0693. The minimum atomic E-state index is -0.796. The van der Waals surface area contributed by atoms with E-state index in [2.05, 4.69) is 5.32 Å². The van der Waals surface area contributed by atoms with E-state index in [1.165, 1.54) is 12.1 Å². The van der Waals surface area contributed by atoms with Crippen molar-refractivity contribution < 1.29 is 23.5 Å². The summed E-state index contributed by atoms with van der Waals surface area (Å²) in [6, 6.07) is 22.9. The number of hydrogen-bond donors (Lipinski definition) is 1. The van der Waals surface area contributed by atoms with E-state index >= 15 is 0 Å². The Morgan fingerprint density at radius 1 is 0.976 bits per heavy atom. The van der Waals surface area contributed by atoms with Crippen LogP contribution in [0.2, 0.25) is 0 Å². The zero-order valence-electron chi connectivity index (χ0n) is 24.6. The van der Waals surface area contributed by atoms with Crippen LogP contribution in [0.4, 0.5) is 21.5 Å². The molecule has 0 radical (unpaired) electrons. The highest BCUT2D eigenvalue weighted by atomic mass is 19.1. The van der Waals surface area contributed by atoms with Gasteiger partial charge in [0.05, 0.1) is 18.5 Å². The van der Waals surface area contributed by atoms with Crippen LogP contribution in [-0.2, 0) is 11.4 Å². The van der Waals surface area contributed by atoms with Gasteiger partial charge in [0.1, 0.15) is 29.5 Å². The number of ether oxygens (including phenoxy) is 2. The molecule has 0 bridgehead atoms. The molecule has 0 aliphatic carbocycles. The highest BCUT2D eigenvalue weighted by molar-refractivity contribution is 6.09. The van der Waals surface area contributed by atoms with Crippen molar-refractivity contribution in [1.29, 1.82) is 0 Å². The molecule has 5 rings (SSSR count). The Morgan fingerprint density at radius 3 is 2.40 bits per heavy atom. The van der Waals surface area contributed by atoms with Crippen molar-refractivity contribution in [2.24, 2.45) is 0 Å². The highest BCUT2D eigenvalue weighted by Gasteiger charge is 2.38. The van der Waals surface area contributed by atoms with Crippen LogP contribution in [0.5, 0.6) is 11.5 Å². The molecular weight excluding hydrogens is 533 g/mol. The van der Waals surface area contributed by atoms with Crippen molar-refractivity contribution in [1.82, 2.24) is 0 Å². The maximum Gasteiger partial charge on any atom is 0.258 e. The second kappa shape index (κ2) is 11.2. The third-order valence-electron chi connectivity index (χ3n) is 7.61. The molecule has 4 aromatic rings. The van der Waals surface area contributed by atoms with E-state index in [0.717, 1.165) is 27.9 Å². The molecule has 1 aliphatic heterocycles. The largest absolute Gasteiger partial charge is 0.496 e. The maximum atomic E-state index is 14.1. The van der Waals surface area contributed by atoms with Crippen LogP contribution < -0.4 is 24.6 Å². The monoisotopic (exact) mass is 567 g/mol. The van der Waals surface area contributed by atoms with Crippen molar-refractivity contribution in [3.8, 4) is 22.6 Å². The molecule has 42 heavy (non-hydrogen) atoms. The van der Waals surface area contributed by atoms with Crippen LogP contribution in [0.1, 0.15) is 35.3 Å². The average Bonchev–Trinajstić information content (AvgIpc) is 2.99. The number of hydrogen-bond acceptors (Lipinski definition) is 5. The minimum Gasteiger partial charge on any atom is -0.496 e. The van der Waals surface area contributed by atoms with Crippen molar-refractivity contribution in [3.63, 3.8) is 0 Å². The molecular formula is C34H34FN3O4. The molecule has 4 aromatic carbocycles. The van der Waals surface area contributed by atoms with Gasteiger partial charge in [-0.05, 0) is 68.3 Å². The van der Waals surface area contributed by atoms with Crippen LogP contribution >= 0.6 is 0 Å². The number of aryl methyl sites for hydroxylation is 1. The average molecular weight is 568 g/mol. The van der Waals surface area contributed by atoms with Crippen molar-refractivity contribution in [3.05, 3.63) is 101 Å². The Labute approximate surface area is 245 Å². The molecule has 0 saturated carbocycles. The van der Waals surface area contributed by atoms with Gasteiger partial charge in [0, 0.05) is 48.6 Å². The molecule has 8 heteroatoms. The fourth-order valence-electron chi connectivity index (χ4n) is 5.31. The number of fused-ring (bicyclic) bond motifs is 1. The van der Waals surface area contributed by atoms with E-state index in [1.807, 2.05) is 69.3 Å². The summed E-state index contributed by atoms with van der Waals surface area (Å²) in [5, 5.41) is 3.35. The van der Waals surface area contributed by atoms with Gasteiger partial charge in [0.15, 0.2) is 0 Å². The van der Waals surface area contributed by atoms with E-state index in [0.29, 0.717) is 28.4 Å². The predicted octanol–water partition coefficient (Wildman–Crippen LogP) is 6.83. The third-order valence-corrected chi connectivity index (χ3v) is 7.61. The Balaban J connectivity index is 1.60. The number of halogens is 1. The summed E-state index contributed by atoms with van der Waals surface area (Å²) in [7, 11) is 5.04. The molecule has 1 N–H and O–H groups in total. The van der Waals surface area contributed by atoms with Crippen LogP contribution in [-0.4, -0.2) is 38.6 Å². The number of amides is 2. The topological polar surface area (TPSA) is 71.1 Å². The summed E-state index contributed by atoms with van der Waals surface area (Å²) in [5.74, 6) is 0.320. The first-order valence-corrected chi connectivity index (χ1v) is 13.6. The van der Waals surface area contributed by atoms with Gasteiger partial charge >= 0.3 is 0 Å². The fraction of sp³-hybridized carbons (Fsp3) is 0.235. The number of likely N-dealkylation sites (N-methyl/N-ethyl adjacent to an activating group) is 1. The molecule has 2 amide bonds. The maximum absolute atomic E-state index is 14.1. The smallest absolute Gasteiger partial charge is 0.258 e. The quantitative estimate of drug-likeness (QED) is 0.265. The summed E-state index contributed by atoms with van der Waals surface area (Å²) in [5.41, 5.74) is 4.95. The lowest BCUT2D eigenvalue weighted by atomic mass is 9.91. The van der Waals surface area contributed by atoms with Gasteiger partial charge in [0.2, 0.25) is 0 Å². The van der Waals surface area contributed by atoms with Gasteiger partial charge in [0.25, 0.3) is 11.8 Å². The molecule has 0 saturated heterocycles. The summed E-state index contributed by atoms with van der Waals surface area (Å²) in [6.45, 7) is 5.60. The highest BCUT2D eigenvalue weighted by Crippen LogP contribution is 2.45. The Morgan fingerprint density at radius 2 is 1.69 bits per heavy atom. The predicted molar refractivity (Wildman–Crippen MR) is 164 cm³/mol. The fourth-order valence-corrected chi connectivity index (χ4v) is 5.31. The third kappa shape index (κ3) is 5.28. The lowest BCUT2D eigenvalue weighted by Crippen LogP contribution is -2.52. The Bertz CT molecular complexity index is 1670. The molecule has 1 aliphatic rings. The second-order valence-corrected chi connectivity index (χ2v) is 10.9. The van der Waals surface area contributed by atoms with Crippen LogP contribution in [0.3, 0.4) is 0 Å². The summed E-state index contributed by atoms with van der Waals surface area (Å²) >= 11 is 0. The van der Waals surface area contributed by atoms with Gasteiger partial charge in [-0.25, -0.2) is 4.39 Å². The van der Waals surface area contributed by atoms with Crippen molar-refractivity contribution in [2.45, 2.75) is 32.9 Å². The van der Waals surface area contributed by atoms with E-state index < -0.39 is 11.4 Å². The lowest BCUT2D eigenvalue weighted by molar-refractivity contribution is -0.121. The van der Waals surface area contributed by atoms with E-state index in [9.17, 15) is 14.0 Å². The number of carbonyl (C=O) groups is 2. The zero-order valence-corrected chi connectivity index (χ0v) is 24.6. The second-order valence-electron chi connectivity index (χ2n) is 10.9. The molecule has 0 unspecified atom stereocenters. The van der Waals surface area contributed by atoms with Crippen molar-refractivity contribution >= 4 is 28.9 Å². The van der Waals surface area contributed by atoms with Crippen LogP contribution in [0.25, 0.3) is 11.1 Å². The molecule has 7 nitrogen and oxygen atoms in total. The first-order valence-electron chi connectivity index (χ1n) is 13.6. The number of methoxy groups -OCH3 is 1. The first-order chi connectivity index (χ1) is 20.0. The Hall–Kier alpha value is -4.85. The summed E-state index contributed by atoms with van der Waals surface area (Å²) < 4.78 is 26.1. The van der Waals surface area contributed by atoms with Gasteiger partial charge < -0.3 is 24.6 Å². The molecule has 0 atom stereocenters. The zero-order chi connectivity index (χ0) is 30.2. The number of rotatable bonds is 7. The van der Waals surface area contributed by atoms with Gasteiger partial charge in [-0.2, -0.15) is 0 Å². The number of anilines is 3. The van der Waals surface area contributed by atoms with Crippen LogP contribution in [0.15, 0.2) is 78.9 Å². The number of nitrogens with zero attached hydrogens (tertiary/aromatic N) is 2. The van der Waals surface area contributed by atoms with Crippen molar-refractivity contribution in [2.75, 3.05) is 36.3 Å². The lowest BCUT2D eigenvalue weighted by Gasteiger charge is -2.39. The van der Waals surface area contributed by atoms with E-state index in [-0.39, 0.29) is 18.4 Å². The van der Waals surface area contributed by atoms with E-state index in [4.69, 9.17) is 9.47 Å². The summed E-state index contributed by atoms with van der Waals surface area (Å²) in [4.78, 5) is 29.6.